The molecule has 0 aliphatic carbocycles. The number of nitrogens with zero attached hydrogens (tertiary/aromatic N) is 1. The van der Waals surface area contributed by atoms with Crippen LogP contribution in [0.4, 0.5) is 10.8 Å². The standard InChI is InChI=1S/C22H23N3O2S/c1-3-15(4-2)20(26)23-18-12-10-17(11-13-18)21(27)25-22-24-19(14-28-22)16-8-6-5-7-9-16/h5-15H,3-4H2,1-2H3,(H,23,26)(H,24,25,27). The van der Waals surface area contributed by atoms with Gasteiger partial charge in [-0.15, -0.1) is 11.3 Å². The van der Waals surface area contributed by atoms with E-state index in [9.17, 15) is 9.59 Å². The molecule has 5 nitrogen and oxygen atoms in total. The summed E-state index contributed by atoms with van der Waals surface area (Å²) in [7, 11) is 0. The van der Waals surface area contributed by atoms with Gasteiger partial charge in [-0.2, -0.15) is 0 Å². The molecule has 3 aromatic rings. The van der Waals surface area contributed by atoms with Crippen molar-refractivity contribution in [2.24, 2.45) is 5.92 Å². The minimum absolute atomic E-state index is 0.00619. The number of carbonyl (C=O) groups excluding carboxylic acids is 2. The summed E-state index contributed by atoms with van der Waals surface area (Å²) in [5.74, 6) is -0.211. The number of rotatable bonds is 7. The third-order valence-electron chi connectivity index (χ3n) is 4.57. The Morgan fingerprint density at radius 3 is 2.29 bits per heavy atom. The lowest BCUT2D eigenvalue weighted by atomic mass is 10.0. The number of carbonyl (C=O) groups is 2. The summed E-state index contributed by atoms with van der Waals surface area (Å²) in [6, 6.07) is 16.7. The van der Waals surface area contributed by atoms with Crippen LogP contribution in [0, 0.1) is 5.92 Å². The lowest BCUT2D eigenvalue weighted by Crippen LogP contribution is -2.21. The van der Waals surface area contributed by atoms with Crippen LogP contribution in [0.15, 0.2) is 60.0 Å². The molecule has 0 spiro atoms. The fraction of sp³-hybridized carbons (Fsp3) is 0.227. The molecule has 2 aromatic carbocycles. The molecule has 0 atom stereocenters. The van der Waals surface area contributed by atoms with Gasteiger partial charge >= 0.3 is 0 Å². The Labute approximate surface area is 168 Å². The van der Waals surface area contributed by atoms with Crippen LogP contribution in [0.3, 0.4) is 0 Å². The second-order valence-electron chi connectivity index (χ2n) is 6.44. The topological polar surface area (TPSA) is 71.1 Å². The Hall–Kier alpha value is -2.99. The Balaban J connectivity index is 1.62. The van der Waals surface area contributed by atoms with E-state index in [4.69, 9.17) is 0 Å². The van der Waals surface area contributed by atoms with Gasteiger partial charge in [0.1, 0.15) is 0 Å². The zero-order valence-corrected chi connectivity index (χ0v) is 16.8. The summed E-state index contributed by atoms with van der Waals surface area (Å²) in [5, 5.41) is 8.20. The van der Waals surface area contributed by atoms with Crippen molar-refractivity contribution >= 4 is 34.0 Å². The number of benzene rings is 2. The summed E-state index contributed by atoms with van der Waals surface area (Å²) < 4.78 is 0. The number of amides is 2. The third-order valence-corrected chi connectivity index (χ3v) is 5.32. The first kappa shape index (κ1) is 19.8. The molecule has 0 bridgehead atoms. The van der Waals surface area contributed by atoms with Gasteiger partial charge in [0.2, 0.25) is 5.91 Å². The third kappa shape index (κ3) is 4.84. The summed E-state index contributed by atoms with van der Waals surface area (Å²) in [4.78, 5) is 29.1. The maximum absolute atomic E-state index is 12.5. The highest BCUT2D eigenvalue weighted by molar-refractivity contribution is 7.14. The monoisotopic (exact) mass is 393 g/mol. The molecular weight excluding hydrogens is 370 g/mol. The van der Waals surface area contributed by atoms with E-state index in [0.29, 0.717) is 16.4 Å². The summed E-state index contributed by atoms with van der Waals surface area (Å²) in [5.41, 5.74) is 3.04. The van der Waals surface area contributed by atoms with E-state index in [1.54, 1.807) is 24.3 Å². The highest BCUT2D eigenvalue weighted by atomic mass is 32.1. The van der Waals surface area contributed by atoms with Crippen molar-refractivity contribution in [3.63, 3.8) is 0 Å². The molecule has 0 unspecified atom stereocenters. The van der Waals surface area contributed by atoms with Crippen LogP contribution in [-0.2, 0) is 4.79 Å². The fourth-order valence-electron chi connectivity index (χ4n) is 2.85. The van der Waals surface area contributed by atoms with E-state index >= 15 is 0 Å². The smallest absolute Gasteiger partial charge is 0.257 e. The first-order chi connectivity index (χ1) is 13.6. The maximum atomic E-state index is 12.5. The van der Waals surface area contributed by atoms with Crippen LogP contribution in [0.1, 0.15) is 37.0 Å². The SMILES string of the molecule is CCC(CC)C(=O)Nc1ccc(C(=O)Nc2nc(-c3ccccc3)cs2)cc1. The Kier molecular flexibility index (Phi) is 6.55. The Morgan fingerprint density at radius 2 is 1.64 bits per heavy atom. The van der Waals surface area contributed by atoms with E-state index in [1.165, 1.54) is 11.3 Å². The van der Waals surface area contributed by atoms with Crippen LogP contribution in [0.25, 0.3) is 11.3 Å². The maximum Gasteiger partial charge on any atom is 0.257 e. The van der Waals surface area contributed by atoms with Crippen LogP contribution in [-0.4, -0.2) is 16.8 Å². The normalized spacial score (nSPS) is 10.7. The predicted molar refractivity (Wildman–Crippen MR) is 115 cm³/mol. The summed E-state index contributed by atoms with van der Waals surface area (Å²) in [6.07, 6.45) is 1.61. The average Bonchev–Trinajstić information content (AvgIpc) is 3.18. The second kappa shape index (κ2) is 9.28. The van der Waals surface area contributed by atoms with Crippen molar-refractivity contribution in [1.29, 1.82) is 0 Å². The molecule has 6 heteroatoms. The Morgan fingerprint density at radius 1 is 0.964 bits per heavy atom. The molecule has 1 aromatic heterocycles. The lowest BCUT2D eigenvalue weighted by Gasteiger charge is -2.13. The second-order valence-corrected chi connectivity index (χ2v) is 7.30. The van der Waals surface area contributed by atoms with Crippen LogP contribution in [0.5, 0.6) is 0 Å². The number of nitrogens with one attached hydrogen (secondary N) is 2. The number of thiazole rings is 1. The molecule has 0 saturated heterocycles. The molecule has 2 amide bonds. The number of hydrogen-bond acceptors (Lipinski definition) is 4. The van der Waals surface area contributed by atoms with Crippen molar-refractivity contribution in [2.75, 3.05) is 10.6 Å². The lowest BCUT2D eigenvalue weighted by molar-refractivity contribution is -0.120. The van der Waals surface area contributed by atoms with Crippen LogP contribution < -0.4 is 10.6 Å². The highest BCUT2D eigenvalue weighted by Gasteiger charge is 2.15. The van der Waals surface area contributed by atoms with Crippen molar-refractivity contribution in [2.45, 2.75) is 26.7 Å². The minimum Gasteiger partial charge on any atom is -0.326 e. The van der Waals surface area contributed by atoms with Crippen LogP contribution >= 0.6 is 11.3 Å². The van der Waals surface area contributed by atoms with E-state index in [-0.39, 0.29) is 17.7 Å². The van der Waals surface area contributed by atoms with E-state index in [2.05, 4.69) is 15.6 Å². The van der Waals surface area contributed by atoms with Gasteiger partial charge in [-0.25, -0.2) is 4.98 Å². The highest BCUT2D eigenvalue weighted by Crippen LogP contribution is 2.25. The van der Waals surface area contributed by atoms with Gasteiger partial charge in [-0.1, -0.05) is 44.2 Å². The largest absolute Gasteiger partial charge is 0.326 e. The average molecular weight is 394 g/mol. The number of hydrogen-bond donors (Lipinski definition) is 2. The van der Waals surface area contributed by atoms with Gasteiger partial charge in [-0.05, 0) is 37.1 Å². The van der Waals surface area contributed by atoms with E-state index in [0.717, 1.165) is 24.1 Å². The molecule has 3 rings (SSSR count). The first-order valence-electron chi connectivity index (χ1n) is 9.34. The molecule has 1 heterocycles. The summed E-state index contributed by atoms with van der Waals surface area (Å²) in [6.45, 7) is 4.01. The zero-order valence-electron chi connectivity index (χ0n) is 15.9. The molecule has 0 saturated carbocycles. The van der Waals surface area contributed by atoms with Gasteiger partial charge in [-0.3, -0.25) is 14.9 Å². The first-order valence-corrected chi connectivity index (χ1v) is 10.2. The van der Waals surface area contributed by atoms with Crippen molar-refractivity contribution < 1.29 is 9.59 Å². The molecular formula is C22H23N3O2S. The zero-order chi connectivity index (χ0) is 19.9. The van der Waals surface area contributed by atoms with Gasteiger partial charge in [0, 0.05) is 28.1 Å². The fourth-order valence-corrected chi connectivity index (χ4v) is 3.57. The molecule has 0 radical (unpaired) electrons. The Bertz CT molecular complexity index is 932. The molecule has 0 fully saturated rings. The van der Waals surface area contributed by atoms with Gasteiger partial charge in [0.15, 0.2) is 5.13 Å². The van der Waals surface area contributed by atoms with Gasteiger partial charge in [0.05, 0.1) is 5.69 Å². The summed E-state index contributed by atoms with van der Waals surface area (Å²) >= 11 is 1.39. The predicted octanol–water partition coefficient (Wildman–Crippen LogP) is 5.44. The van der Waals surface area contributed by atoms with Crippen molar-refractivity contribution in [1.82, 2.24) is 4.98 Å². The molecule has 2 N–H and O–H groups in total. The molecule has 28 heavy (non-hydrogen) atoms. The minimum atomic E-state index is -0.230. The van der Waals surface area contributed by atoms with Crippen molar-refractivity contribution in [3.05, 3.63) is 65.5 Å². The van der Waals surface area contributed by atoms with E-state index < -0.39 is 0 Å². The van der Waals surface area contributed by atoms with Gasteiger partial charge in [0.25, 0.3) is 5.91 Å². The van der Waals surface area contributed by atoms with Gasteiger partial charge < -0.3 is 5.32 Å². The molecule has 144 valence electrons. The quantitative estimate of drug-likeness (QED) is 0.562. The number of anilines is 2. The van der Waals surface area contributed by atoms with Crippen LogP contribution in [0.2, 0.25) is 0 Å². The molecule has 0 aliphatic rings. The van der Waals surface area contributed by atoms with Crippen molar-refractivity contribution in [3.8, 4) is 11.3 Å². The molecule has 0 aliphatic heterocycles. The number of aromatic nitrogens is 1. The van der Waals surface area contributed by atoms with E-state index in [1.807, 2.05) is 49.6 Å².